The summed E-state index contributed by atoms with van der Waals surface area (Å²) in [5.74, 6) is -0.0683. The number of hydrogen-bond donors (Lipinski definition) is 0. The van der Waals surface area contributed by atoms with Crippen LogP contribution in [0.5, 0.6) is 0 Å². The van der Waals surface area contributed by atoms with Crippen LogP contribution < -0.4 is 0 Å². The highest BCUT2D eigenvalue weighted by atomic mass is 16.5. The first-order valence-corrected chi connectivity index (χ1v) is 11.1. The van der Waals surface area contributed by atoms with E-state index in [2.05, 4.69) is 19.9 Å². The summed E-state index contributed by atoms with van der Waals surface area (Å²) in [5.41, 5.74) is 1.38. The summed E-state index contributed by atoms with van der Waals surface area (Å²) in [7, 11) is 0. The highest BCUT2D eigenvalue weighted by molar-refractivity contribution is 6.05. The Bertz CT molecular complexity index is 953. The summed E-state index contributed by atoms with van der Waals surface area (Å²) >= 11 is 0. The summed E-state index contributed by atoms with van der Waals surface area (Å²) < 4.78 is 10.2. The average Bonchev–Trinajstić information content (AvgIpc) is 3.04. The lowest BCUT2D eigenvalue weighted by Gasteiger charge is -2.56. The van der Waals surface area contributed by atoms with Crippen LogP contribution in [0.15, 0.2) is 35.1 Å². The Kier molecular flexibility index (Phi) is 5.31. The van der Waals surface area contributed by atoms with E-state index in [9.17, 15) is 19.2 Å². The van der Waals surface area contributed by atoms with Gasteiger partial charge in [-0.2, -0.15) is 0 Å². The number of fused-ring (bicyclic) bond motifs is 5. The van der Waals surface area contributed by atoms with Gasteiger partial charge in [0.15, 0.2) is 18.1 Å². The van der Waals surface area contributed by atoms with E-state index in [-0.39, 0.29) is 34.8 Å². The molecule has 31 heavy (non-hydrogen) atoms. The zero-order valence-corrected chi connectivity index (χ0v) is 18.7. The Morgan fingerprint density at radius 1 is 1.10 bits per heavy atom. The van der Waals surface area contributed by atoms with Gasteiger partial charge in [-0.1, -0.05) is 25.5 Å². The van der Waals surface area contributed by atoms with Crippen molar-refractivity contribution in [1.29, 1.82) is 0 Å². The van der Waals surface area contributed by atoms with Crippen molar-refractivity contribution < 1.29 is 28.7 Å². The molecule has 4 aliphatic rings. The molecule has 0 unspecified atom stereocenters. The molecule has 4 aliphatic carbocycles. The number of carbonyl (C=O) groups is 4. The summed E-state index contributed by atoms with van der Waals surface area (Å²) in [5, 5.41) is 0. The molecule has 166 valence electrons. The van der Waals surface area contributed by atoms with E-state index < -0.39 is 11.9 Å². The van der Waals surface area contributed by atoms with E-state index in [4.69, 9.17) is 9.47 Å². The number of ether oxygens (including phenoxy) is 2. The molecular formula is C25H30O6. The molecule has 0 N–H and O–H groups in total. The minimum Gasteiger partial charge on any atom is -0.457 e. The van der Waals surface area contributed by atoms with Crippen LogP contribution in [0, 0.1) is 28.6 Å². The molecule has 0 aromatic rings. The van der Waals surface area contributed by atoms with Gasteiger partial charge in [0.1, 0.15) is 0 Å². The Hall–Kier alpha value is -2.50. The van der Waals surface area contributed by atoms with E-state index in [1.807, 2.05) is 6.08 Å². The standard InChI is InChI=1S/C25H30O6/c1-14(26)30-13-22(29)20-8-7-18-17-6-5-16-11-21(28)23(31-15(2)27)12-25(16,4)19(17)9-10-24(18,20)3/h8,11-12,17-19H,5-7,9-10,13H2,1-4H3/t17-,18-,19-,24-,25-/m0/s1. The maximum absolute atomic E-state index is 12.8. The molecule has 6 heteroatoms. The van der Waals surface area contributed by atoms with Gasteiger partial charge < -0.3 is 9.47 Å². The highest BCUT2D eigenvalue weighted by Crippen LogP contribution is 2.64. The van der Waals surface area contributed by atoms with Crippen molar-refractivity contribution in [2.75, 3.05) is 6.61 Å². The Morgan fingerprint density at radius 3 is 2.52 bits per heavy atom. The van der Waals surface area contributed by atoms with E-state index in [1.54, 1.807) is 6.08 Å². The average molecular weight is 427 g/mol. The number of rotatable bonds is 4. The molecule has 6 nitrogen and oxygen atoms in total. The number of Topliss-reactive ketones (excluding diaryl/α,β-unsaturated/α-hetero) is 1. The fraction of sp³-hybridized carbons (Fsp3) is 0.600. The zero-order chi connectivity index (χ0) is 22.6. The Labute approximate surface area is 182 Å². The van der Waals surface area contributed by atoms with Gasteiger partial charge in [-0.3, -0.25) is 19.2 Å². The van der Waals surface area contributed by atoms with Crippen LogP contribution in [0.1, 0.15) is 59.8 Å². The molecule has 2 saturated carbocycles. The molecular weight excluding hydrogens is 396 g/mol. The fourth-order valence-electron chi connectivity index (χ4n) is 6.74. The third kappa shape index (κ3) is 3.50. The maximum Gasteiger partial charge on any atom is 0.308 e. The third-order valence-electron chi connectivity index (χ3n) is 8.17. The molecule has 0 aliphatic heterocycles. The molecule has 4 rings (SSSR count). The summed E-state index contributed by atoms with van der Waals surface area (Å²) in [6, 6.07) is 0. The monoisotopic (exact) mass is 426 g/mol. The van der Waals surface area contributed by atoms with Crippen LogP contribution in [0.25, 0.3) is 0 Å². The summed E-state index contributed by atoms with van der Waals surface area (Å²) in [6.07, 6.45) is 10.0. The molecule has 0 heterocycles. The highest BCUT2D eigenvalue weighted by Gasteiger charge is 2.57. The normalized spacial score (nSPS) is 36.2. The first kappa shape index (κ1) is 21.7. The van der Waals surface area contributed by atoms with Crippen molar-refractivity contribution in [2.24, 2.45) is 28.6 Å². The minimum atomic E-state index is -0.487. The zero-order valence-electron chi connectivity index (χ0n) is 18.7. The van der Waals surface area contributed by atoms with Gasteiger partial charge in [0.05, 0.1) is 0 Å². The first-order valence-electron chi connectivity index (χ1n) is 11.1. The van der Waals surface area contributed by atoms with Gasteiger partial charge in [0, 0.05) is 24.8 Å². The van der Waals surface area contributed by atoms with Crippen molar-refractivity contribution in [3.63, 3.8) is 0 Å². The van der Waals surface area contributed by atoms with E-state index in [0.717, 1.165) is 43.3 Å². The van der Waals surface area contributed by atoms with Crippen LogP contribution in [0.4, 0.5) is 0 Å². The molecule has 5 atom stereocenters. The van der Waals surface area contributed by atoms with Crippen LogP contribution in [-0.2, 0) is 28.7 Å². The lowest BCUT2D eigenvalue weighted by atomic mass is 9.47. The predicted octanol–water partition coefficient (Wildman–Crippen LogP) is 3.85. The number of carbonyl (C=O) groups excluding carboxylic acids is 4. The molecule has 0 aromatic carbocycles. The smallest absolute Gasteiger partial charge is 0.308 e. The Balaban J connectivity index is 1.60. The second kappa shape index (κ2) is 7.57. The van der Waals surface area contributed by atoms with Crippen LogP contribution >= 0.6 is 0 Å². The van der Waals surface area contributed by atoms with Crippen LogP contribution in [0.2, 0.25) is 0 Å². The number of ketones is 2. The van der Waals surface area contributed by atoms with E-state index >= 15 is 0 Å². The molecule has 0 spiro atoms. The van der Waals surface area contributed by atoms with Crippen LogP contribution in [0.3, 0.4) is 0 Å². The maximum atomic E-state index is 12.8. The summed E-state index contributed by atoms with van der Waals surface area (Å²) in [6.45, 7) is 6.76. The topological polar surface area (TPSA) is 86.7 Å². The fourth-order valence-corrected chi connectivity index (χ4v) is 6.74. The predicted molar refractivity (Wildman–Crippen MR) is 112 cm³/mol. The third-order valence-corrected chi connectivity index (χ3v) is 8.17. The minimum absolute atomic E-state index is 0.0958. The number of esters is 2. The molecule has 0 radical (unpaired) electrons. The van der Waals surface area contributed by atoms with Gasteiger partial charge in [0.25, 0.3) is 0 Å². The summed E-state index contributed by atoms with van der Waals surface area (Å²) in [4.78, 5) is 47.9. The van der Waals surface area contributed by atoms with Gasteiger partial charge >= 0.3 is 11.9 Å². The van der Waals surface area contributed by atoms with Gasteiger partial charge in [-0.05, 0) is 67.4 Å². The van der Waals surface area contributed by atoms with Crippen molar-refractivity contribution in [2.45, 2.75) is 59.8 Å². The Morgan fingerprint density at radius 2 is 1.84 bits per heavy atom. The van der Waals surface area contributed by atoms with E-state index in [0.29, 0.717) is 17.8 Å². The molecule has 2 fully saturated rings. The SMILES string of the molecule is CC(=O)OCC(=O)C1=CC[C@H]2[C@@H]3CCC4=CC(=O)C(OC(C)=O)=C[C@]4(C)[C@H]3CC[C@]12C. The first-order chi connectivity index (χ1) is 14.6. The van der Waals surface area contributed by atoms with Crippen LogP contribution in [-0.4, -0.2) is 30.1 Å². The van der Waals surface area contributed by atoms with E-state index in [1.165, 1.54) is 13.8 Å². The molecule has 0 bridgehead atoms. The van der Waals surface area contributed by atoms with Crippen molar-refractivity contribution in [1.82, 2.24) is 0 Å². The molecule has 0 saturated heterocycles. The van der Waals surface area contributed by atoms with Crippen molar-refractivity contribution in [3.8, 4) is 0 Å². The molecule has 0 amide bonds. The number of allylic oxidation sites excluding steroid dienone is 4. The second-order valence-electron chi connectivity index (χ2n) is 9.85. The van der Waals surface area contributed by atoms with Crippen molar-refractivity contribution in [3.05, 3.63) is 35.1 Å². The number of hydrogen-bond acceptors (Lipinski definition) is 6. The second-order valence-corrected chi connectivity index (χ2v) is 9.85. The van der Waals surface area contributed by atoms with Gasteiger partial charge in [0.2, 0.25) is 5.78 Å². The quantitative estimate of drug-likeness (QED) is 0.635. The van der Waals surface area contributed by atoms with Gasteiger partial charge in [-0.15, -0.1) is 0 Å². The van der Waals surface area contributed by atoms with Gasteiger partial charge in [-0.25, -0.2) is 0 Å². The largest absolute Gasteiger partial charge is 0.457 e. The van der Waals surface area contributed by atoms with Crippen molar-refractivity contribution >= 4 is 23.5 Å². The lowest BCUT2D eigenvalue weighted by molar-refractivity contribution is -0.145. The lowest BCUT2D eigenvalue weighted by Crippen LogP contribution is -2.50. The molecule has 0 aromatic heterocycles.